The first kappa shape index (κ1) is 17.6. The fourth-order valence-corrected chi connectivity index (χ4v) is 0.902. The van der Waals surface area contributed by atoms with E-state index in [1.807, 2.05) is 0 Å². The summed E-state index contributed by atoms with van der Waals surface area (Å²) < 4.78 is 29.0. The maximum Gasteiger partial charge on any atom is 0.329 e. The van der Waals surface area contributed by atoms with Gasteiger partial charge >= 0.3 is 5.97 Å². The summed E-state index contributed by atoms with van der Waals surface area (Å²) in [6.07, 6.45) is -0.258. The quantitative estimate of drug-likeness (QED) is 0.678. The molecule has 0 aliphatic rings. The average Bonchev–Trinajstić information content (AvgIpc) is 2.01. The van der Waals surface area contributed by atoms with E-state index in [0.717, 1.165) is 0 Å². The summed E-state index contributed by atoms with van der Waals surface area (Å²) in [6.45, 7) is 3.12. The van der Waals surface area contributed by atoms with Crippen LogP contribution in [-0.4, -0.2) is 43.7 Å². The number of primary sulfonamides is 1. The van der Waals surface area contributed by atoms with Crippen LogP contribution in [0.4, 0.5) is 0 Å². The van der Waals surface area contributed by atoms with Crippen molar-refractivity contribution in [1.82, 2.24) is 0 Å². The lowest BCUT2D eigenvalue weighted by atomic mass is 10.5. The predicted molar refractivity (Wildman–Crippen MR) is 61.4 cm³/mol. The molecule has 0 radical (unpaired) electrons. The van der Waals surface area contributed by atoms with Gasteiger partial charge in [0.25, 0.3) is 14.4 Å². The van der Waals surface area contributed by atoms with Crippen molar-refractivity contribution in [2.24, 2.45) is 5.14 Å². The average molecular weight is 273 g/mol. The molecule has 0 aliphatic carbocycles. The highest BCUT2D eigenvalue weighted by atomic mass is 32.2. The third-order valence-corrected chi connectivity index (χ3v) is 2.19. The molecular weight excluding hydrogens is 258 g/mol. The van der Waals surface area contributed by atoms with Crippen LogP contribution in [-0.2, 0) is 24.3 Å². The standard InChI is InChI=1S/C4H9NO3S2.C3H6O3/c1-3(2)8-4(9)10(5,6)7;1-6-2-3(4)5/h3H,1-2H3,(H2,5,6,7);2H2,1H3,(H,4,5). The van der Waals surface area contributed by atoms with E-state index in [2.05, 4.69) is 26.8 Å². The van der Waals surface area contributed by atoms with E-state index in [1.165, 1.54) is 7.11 Å². The van der Waals surface area contributed by atoms with E-state index < -0.39 is 20.4 Å². The van der Waals surface area contributed by atoms with Crippen LogP contribution in [0.25, 0.3) is 0 Å². The number of sulfonamides is 1. The summed E-state index contributed by atoms with van der Waals surface area (Å²) in [5.74, 6) is -0.933. The van der Waals surface area contributed by atoms with Crippen molar-refractivity contribution in [3.8, 4) is 0 Å². The molecule has 0 heterocycles. The highest BCUT2D eigenvalue weighted by molar-refractivity contribution is 8.15. The predicted octanol–water partition coefficient (Wildman–Crippen LogP) is -0.298. The van der Waals surface area contributed by atoms with Gasteiger partial charge in [0.15, 0.2) is 0 Å². The van der Waals surface area contributed by atoms with Crippen LogP contribution >= 0.6 is 12.2 Å². The maximum atomic E-state index is 10.4. The van der Waals surface area contributed by atoms with Crippen molar-refractivity contribution in [1.29, 1.82) is 0 Å². The number of carbonyl (C=O) groups is 1. The Morgan fingerprint density at radius 3 is 2.00 bits per heavy atom. The molecule has 0 bridgehead atoms. The normalized spacial score (nSPS) is 10.3. The van der Waals surface area contributed by atoms with Crippen molar-refractivity contribution >= 4 is 32.6 Å². The molecule has 0 aromatic rings. The second-order valence-electron chi connectivity index (χ2n) is 2.79. The van der Waals surface area contributed by atoms with Crippen LogP contribution in [0, 0.1) is 0 Å². The minimum absolute atomic E-state index is 0.208. The number of aliphatic carboxylic acids is 1. The number of ether oxygens (including phenoxy) is 2. The van der Waals surface area contributed by atoms with Crippen LogP contribution in [0.1, 0.15) is 13.8 Å². The zero-order valence-electron chi connectivity index (χ0n) is 9.17. The van der Waals surface area contributed by atoms with Crippen molar-refractivity contribution in [2.45, 2.75) is 20.0 Å². The monoisotopic (exact) mass is 273 g/mol. The smallest absolute Gasteiger partial charge is 0.329 e. The van der Waals surface area contributed by atoms with Gasteiger partial charge in [-0.3, -0.25) is 0 Å². The summed E-state index contributed by atoms with van der Waals surface area (Å²) >= 11 is 4.33. The SMILES string of the molecule is CC(C)OC(=S)S(N)(=O)=O.COCC(=O)O. The second kappa shape index (κ2) is 8.39. The Balaban J connectivity index is 0. The molecule has 0 atom stereocenters. The summed E-state index contributed by atoms with van der Waals surface area (Å²) in [5.41, 5.74) is 0. The first-order valence-corrected chi connectivity index (χ1v) is 6.00. The highest BCUT2D eigenvalue weighted by Gasteiger charge is 2.13. The van der Waals surface area contributed by atoms with Gasteiger partial charge in [-0.15, -0.1) is 0 Å². The van der Waals surface area contributed by atoms with E-state index >= 15 is 0 Å². The Morgan fingerprint density at radius 2 is 1.94 bits per heavy atom. The minimum Gasteiger partial charge on any atom is -0.480 e. The van der Waals surface area contributed by atoms with Crippen molar-refractivity contribution in [3.63, 3.8) is 0 Å². The number of carboxylic acid groups (broad SMARTS) is 1. The summed E-state index contributed by atoms with van der Waals surface area (Å²) in [6, 6.07) is 0. The van der Waals surface area contributed by atoms with Gasteiger partial charge in [-0.05, 0) is 26.1 Å². The Hall–Kier alpha value is -0.770. The van der Waals surface area contributed by atoms with Crippen molar-refractivity contribution in [3.05, 3.63) is 0 Å². The van der Waals surface area contributed by atoms with Gasteiger partial charge in [0, 0.05) is 7.11 Å². The fraction of sp³-hybridized carbons (Fsp3) is 0.714. The number of thiocarbonyl (C=S) groups is 1. The van der Waals surface area contributed by atoms with Gasteiger partial charge in [-0.25, -0.2) is 18.4 Å². The topological polar surface area (TPSA) is 116 Å². The summed E-state index contributed by atoms with van der Waals surface area (Å²) in [7, 11) is -2.45. The van der Waals surface area contributed by atoms with Gasteiger partial charge in [0.1, 0.15) is 6.61 Å². The van der Waals surface area contributed by atoms with Crippen LogP contribution in [0.3, 0.4) is 0 Å². The van der Waals surface area contributed by atoms with Gasteiger partial charge in [-0.1, -0.05) is 0 Å². The lowest BCUT2D eigenvalue weighted by molar-refractivity contribution is -0.141. The zero-order chi connectivity index (χ0) is 13.4. The van der Waals surface area contributed by atoms with Gasteiger partial charge in [0.05, 0.1) is 6.10 Å². The van der Waals surface area contributed by atoms with Crippen LogP contribution in [0.2, 0.25) is 0 Å². The largest absolute Gasteiger partial charge is 0.480 e. The molecule has 0 aliphatic heterocycles. The minimum atomic E-state index is -3.79. The second-order valence-corrected chi connectivity index (χ2v) is 4.88. The van der Waals surface area contributed by atoms with E-state index in [-0.39, 0.29) is 12.7 Å². The molecule has 3 N–H and O–H groups in total. The molecule has 16 heavy (non-hydrogen) atoms. The molecule has 7 nitrogen and oxygen atoms in total. The first-order valence-electron chi connectivity index (χ1n) is 4.05. The lowest BCUT2D eigenvalue weighted by Crippen LogP contribution is -2.26. The van der Waals surface area contributed by atoms with Crippen LogP contribution < -0.4 is 5.14 Å². The third kappa shape index (κ3) is 13.2. The summed E-state index contributed by atoms with van der Waals surface area (Å²) in [4.78, 5) is 9.47. The molecule has 0 aromatic heterocycles. The molecule has 0 aromatic carbocycles. The number of carboxylic acids is 1. The van der Waals surface area contributed by atoms with Crippen LogP contribution in [0.5, 0.6) is 0 Å². The number of rotatable bonds is 3. The van der Waals surface area contributed by atoms with E-state index in [9.17, 15) is 13.2 Å². The van der Waals surface area contributed by atoms with Crippen molar-refractivity contribution < 1.29 is 27.8 Å². The van der Waals surface area contributed by atoms with Gasteiger partial charge in [0.2, 0.25) is 0 Å². The number of nitrogens with two attached hydrogens (primary N) is 1. The molecule has 0 rings (SSSR count). The van der Waals surface area contributed by atoms with E-state index in [0.29, 0.717) is 0 Å². The highest BCUT2D eigenvalue weighted by Crippen LogP contribution is 1.94. The number of hydrogen-bond acceptors (Lipinski definition) is 6. The molecule has 0 saturated carbocycles. The molecule has 0 fully saturated rings. The Kier molecular flexibility index (Phi) is 9.24. The molecular formula is C7H15NO6S2. The number of methoxy groups -OCH3 is 1. The molecule has 9 heteroatoms. The Labute approximate surface area is 99.6 Å². The zero-order valence-corrected chi connectivity index (χ0v) is 10.8. The maximum absolute atomic E-state index is 10.4. The number of hydrogen-bond donors (Lipinski definition) is 2. The Bertz CT molecular complexity index is 324. The van der Waals surface area contributed by atoms with E-state index in [4.69, 9.17) is 5.11 Å². The molecule has 96 valence electrons. The fourth-order valence-electron chi connectivity index (χ4n) is 0.383. The summed E-state index contributed by atoms with van der Waals surface area (Å²) in [5, 5.41) is 12.4. The van der Waals surface area contributed by atoms with Crippen LogP contribution in [0.15, 0.2) is 0 Å². The lowest BCUT2D eigenvalue weighted by Gasteiger charge is -2.07. The Morgan fingerprint density at radius 1 is 1.50 bits per heavy atom. The molecule has 0 unspecified atom stereocenters. The van der Waals surface area contributed by atoms with E-state index in [1.54, 1.807) is 13.8 Å². The molecule has 0 spiro atoms. The molecule has 0 amide bonds. The third-order valence-electron chi connectivity index (χ3n) is 0.832. The van der Waals surface area contributed by atoms with Gasteiger partial charge in [-0.2, -0.15) is 0 Å². The molecule has 0 saturated heterocycles. The first-order chi connectivity index (χ1) is 7.11. The van der Waals surface area contributed by atoms with Gasteiger partial charge < -0.3 is 14.6 Å². The van der Waals surface area contributed by atoms with Crippen molar-refractivity contribution in [2.75, 3.05) is 13.7 Å².